The molecule has 10 nitrogen and oxygen atoms in total. The van der Waals surface area contributed by atoms with Crippen molar-refractivity contribution in [3.8, 4) is 5.69 Å². The number of urea groups is 1. The zero-order chi connectivity index (χ0) is 20.7. The number of aliphatic hydroxyl groups excluding tert-OH is 2. The lowest BCUT2D eigenvalue weighted by molar-refractivity contribution is -0.117. The number of aliphatic hydroxyl groups is 2. The minimum atomic E-state index is -0.940. The molecule has 2 aliphatic heterocycles. The first kappa shape index (κ1) is 19.1. The minimum absolute atomic E-state index is 0.0658. The lowest BCUT2D eigenvalue weighted by Gasteiger charge is -2.32. The van der Waals surface area contributed by atoms with Crippen molar-refractivity contribution in [2.45, 2.75) is 24.9 Å². The zero-order valence-corrected chi connectivity index (χ0v) is 15.4. The Hall–Kier alpha value is -3.21. The second-order valence-electron chi connectivity index (χ2n) is 6.92. The van der Waals surface area contributed by atoms with E-state index >= 15 is 0 Å². The average Bonchev–Trinajstić information content (AvgIpc) is 3.22. The van der Waals surface area contributed by atoms with Crippen molar-refractivity contribution in [2.24, 2.45) is 0 Å². The summed E-state index contributed by atoms with van der Waals surface area (Å²) in [5.41, 5.74) is 0.170. The molecule has 4 rings (SSSR count). The Bertz CT molecular complexity index is 1120. The zero-order valence-electron chi connectivity index (χ0n) is 15.4. The Balaban J connectivity index is 1.77. The molecule has 0 radical (unpaired) electrons. The highest BCUT2D eigenvalue weighted by atomic mass is 16.5. The van der Waals surface area contributed by atoms with Crippen molar-refractivity contribution in [3.63, 3.8) is 0 Å². The molecular formula is C19H20N4O6. The van der Waals surface area contributed by atoms with E-state index in [1.54, 1.807) is 24.3 Å². The molecule has 3 heterocycles. The average molecular weight is 400 g/mol. The van der Waals surface area contributed by atoms with E-state index in [0.29, 0.717) is 5.69 Å². The first-order valence-corrected chi connectivity index (χ1v) is 9.05. The van der Waals surface area contributed by atoms with Crippen LogP contribution in [0.2, 0.25) is 0 Å². The molecule has 0 aliphatic carbocycles. The molecule has 2 aromatic rings. The SMILES string of the molecule is C=c1[nH]n(-c2ccccc2)c(=O)c1=C1CN(C2CC(O)C(CO)O2)C(=O)NC1=O. The molecule has 2 fully saturated rings. The number of amides is 3. The molecule has 1 aromatic heterocycles. The van der Waals surface area contributed by atoms with Gasteiger partial charge in [0.05, 0.1) is 41.1 Å². The summed E-state index contributed by atoms with van der Waals surface area (Å²) in [7, 11) is 0. The largest absolute Gasteiger partial charge is 0.394 e. The van der Waals surface area contributed by atoms with Gasteiger partial charge in [0.25, 0.3) is 11.5 Å². The van der Waals surface area contributed by atoms with E-state index in [0.717, 1.165) is 0 Å². The highest BCUT2D eigenvalue weighted by Crippen LogP contribution is 2.25. The topological polar surface area (TPSA) is 137 Å². The van der Waals surface area contributed by atoms with Crippen LogP contribution in [0.1, 0.15) is 6.42 Å². The van der Waals surface area contributed by atoms with Crippen LogP contribution >= 0.6 is 0 Å². The van der Waals surface area contributed by atoms with Gasteiger partial charge in [0.2, 0.25) is 0 Å². The van der Waals surface area contributed by atoms with Gasteiger partial charge in [-0.25, -0.2) is 9.48 Å². The molecule has 0 saturated carbocycles. The highest BCUT2D eigenvalue weighted by Gasteiger charge is 2.41. The quantitative estimate of drug-likeness (QED) is 0.459. The number of carbonyl (C=O) groups excluding carboxylic acids is 2. The summed E-state index contributed by atoms with van der Waals surface area (Å²) in [6.07, 6.45) is -2.52. The molecule has 29 heavy (non-hydrogen) atoms. The molecule has 0 spiro atoms. The first-order chi connectivity index (χ1) is 13.9. The number of H-pyrrole nitrogens is 1. The van der Waals surface area contributed by atoms with E-state index in [9.17, 15) is 24.6 Å². The second-order valence-corrected chi connectivity index (χ2v) is 6.92. The Morgan fingerprint density at radius 3 is 2.59 bits per heavy atom. The van der Waals surface area contributed by atoms with Crippen molar-refractivity contribution >= 4 is 24.1 Å². The fourth-order valence-electron chi connectivity index (χ4n) is 3.61. The summed E-state index contributed by atoms with van der Waals surface area (Å²) < 4.78 is 6.80. The molecule has 3 unspecified atom stereocenters. The van der Waals surface area contributed by atoms with Gasteiger partial charge >= 0.3 is 6.03 Å². The summed E-state index contributed by atoms with van der Waals surface area (Å²) in [4.78, 5) is 39.0. The third kappa shape index (κ3) is 3.27. The molecule has 152 valence electrons. The van der Waals surface area contributed by atoms with Crippen LogP contribution in [-0.2, 0) is 9.53 Å². The van der Waals surface area contributed by atoms with Gasteiger partial charge in [0.15, 0.2) is 0 Å². The van der Waals surface area contributed by atoms with E-state index < -0.39 is 42.5 Å². The van der Waals surface area contributed by atoms with Crippen molar-refractivity contribution < 1.29 is 24.5 Å². The van der Waals surface area contributed by atoms with Crippen molar-refractivity contribution in [1.29, 1.82) is 0 Å². The number of para-hydroxylation sites is 1. The summed E-state index contributed by atoms with van der Waals surface area (Å²) >= 11 is 0. The van der Waals surface area contributed by atoms with Gasteiger partial charge in [-0.2, -0.15) is 0 Å². The van der Waals surface area contributed by atoms with Crippen LogP contribution in [0.4, 0.5) is 4.79 Å². The van der Waals surface area contributed by atoms with E-state index in [1.165, 1.54) is 9.58 Å². The Kier molecular flexibility index (Phi) is 4.82. The molecule has 3 atom stereocenters. The summed E-state index contributed by atoms with van der Waals surface area (Å²) in [6, 6.07) is 8.11. The molecule has 2 aliphatic rings. The third-order valence-electron chi connectivity index (χ3n) is 5.10. The highest BCUT2D eigenvalue weighted by molar-refractivity contribution is 6.21. The smallest absolute Gasteiger partial charge is 0.326 e. The van der Waals surface area contributed by atoms with Crippen molar-refractivity contribution in [2.75, 3.05) is 13.2 Å². The summed E-state index contributed by atoms with van der Waals surface area (Å²) in [5, 5.41) is 24.6. The number of aromatic amines is 1. The number of nitrogens with one attached hydrogen (secondary N) is 2. The Labute approximate surface area is 164 Å². The van der Waals surface area contributed by atoms with E-state index in [-0.39, 0.29) is 29.1 Å². The van der Waals surface area contributed by atoms with Crippen molar-refractivity contribution in [3.05, 3.63) is 51.3 Å². The fraction of sp³-hybridized carbons (Fsp3) is 0.316. The summed E-state index contributed by atoms with van der Waals surface area (Å²) in [6.45, 7) is 3.24. The maximum absolute atomic E-state index is 13.0. The number of carbonyl (C=O) groups is 2. The minimum Gasteiger partial charge on any atom is -0.394 e. The second kappa shape index (κ2) is 7.32. The number of benzene rings is 1. The van der Waals surface area contributed by atoms with E-state index in [2.05, 4.69) is 17.0 Å². The molecule has 0 bridgehead atoms. The maximum atomic E-state index is 13.0. The van der Waals surface area contributed by atoms with Crippen LogP contribution in [0.3, 0.4) is 0 Å². The number of rotatable bonds is 3. The van der Waals surface area contributed by atoms with E-state index in [1.807, 2.05) is 6.07 Å². The van der Waals surface area contributed by atoms with Gasteiger partial charge in [-0.15, -0.1) is 0 Å². The maximum Gasteiger partial charge on any atom is 0.326 e. The number of hydrogen-bond acceptors (Lipinski definition) is 6. The third-order valence-corrected chi connectivity index (χ3v) is 5.10. The number of imide groups is 1. The molecular weight excluding hydrogens is 380 g/mol. The van der Waals surface area contributed by atoms with Crippen LogP contribution in [0.5, 0.6) is 0 Å². The van der Waals surface area contributed by atoms with Crippen LogP contribution in [0.25, 0.3) is 17.8 Å². The fourth-order valence-corrected chi connectivity index (χ4v) is 3.61. The Morgan fingerprint density at radius 2 is 1.93 bits per heavy atom. The number of hydrogen-bond donors (Lipinski definition) is 4. The lowest BCUT2D eigenvalue weighted by atomic mass is 10.1. The predicted molar refractivity (Wildman–Crippen MR) is 101 cm³/mol. The normalized spacial score (nSPS) is 26.7. The number of aromatic nitrogens is 2. The van der Waals surface area contributed by atoms with Gasteiger partial charge in [-0.3, -0.25) is 24.9 Å². The van der Waals surface area contributed by atoms with Gasteiger partial charge < -0.3 is 14.9 Å². The van der Waals surface area contributed by atoms with Gasteiger partial charge in [0, 0.05) is 6.42 Å². The van der Waals surface area contributed by atoms with Crippen molar-refractivity contribution in [1.82, 2.24) is 20.0 Å². The molecule has 10 heteroatoms. The number of nitrogens with zero attached hydrogens (tertiary/aromatic N) is 2. The monoisotopic (exact) mass is 400 g/mol. The molecule has 1 aromatic carbocycles. The van der Waals surface area contributed by atoms with Crippen LogP contribution in [-0.4, -0.2) is 68.4 Å². The van der Waals surface area contributed by atoms with Gasteiger partial charge in [0.1, 0.15) is 12.3 Å². The number of ether oxygens (including phenoxy) is 1. The van der Waals surface area contributed by atoms with Gasteiger partial charge in [-0.05, 0) is 12.1 Å². The lowest BCUT2D eigenvalue weighted by Crippen LogP contribution is -2.57. The summed E-state index contributed by atoms with van der Waals surface area (Å²) in [5.74, 6) is -0.690. The first-order valence-electron chi connectivity index (χ1n) is 9.05. The van der Waals surface area contributed by atoms with Crippen LogP contribution in [0.15, 0.2) is 35.1 Å². The van der Waals surface area contributed by atoms with Crippen LogP contribution in [0, 0.1) is 0 Å². The van der Waals surface area contributed by atoms with Gasteiger partial charge in [-0.1, -0.05) is 24.8 Å². The molecule has 4 N–H and O–H groups in total. The predicted octanol–water partition coefficient (Wildman–Crippen LogP) is -2.25. The molecule has 3 amide bonds. The van der Waals surface area contributed by atoms with E-state index in [4.69, 9.17) is 4.74 Å². The Morgan fingerprint density at radius 1 is 1.21 bits per heavy atom. The van der Waals surface area contributed by atoms with Crippen LogP contribution < -0.4 is 21.4 Å². The molecule has 2 saturated heterocycles. The standard InChI is InChI=1S/C19H20N4O6/c1-10-16(18(27)23(21-10)11-5-3-2-4-6-11)12-8-22(19(28)20-17(12)26)15-7-13(25)14(9-24)29-15/h2-6,13-15,21,24-25H,1,7-9H2,(H,20,26,28).